The number of benzene rings is 4. The molecule has 0 saturated carbocycles. The molecule has 0 saturated heterocycles. The lowest BCUT2D eigenvalue weighted by atomic mass is 10.1. The summed E-state index contributed by atoms with van der Waals surface area (Å²) < 4.78 is 0. The number of allylic oxidation sites excluding steroid dienone is 1. The van der Waals surface area contributed by atoms with Crippen LogP contribution >= 0.6 is 7.26 Å². The molecule has 4 aromatic rings. The molecule has 1 nitrogen and oxygen atoms in total. The van der Waals surface area contributed by atoms with Crippen LogP contribution in [0.4, 0.5) is 0 Å². The molecule has 164 valence electrons. The average Bonchev–Trinajstić information content (AvgIpc) is 2.87. The van der Waals surface area contributed by atoms with Crippen LogP contribution < -0.4 is 28.3 Å². The first-order valence-electron chi connectivity index (χ1n) is 11.0. The van der Waals surface area contributed by atoms with Crippen LogP contribution in [0.2, 0.25) is 0 Å². The van der Waals surface area contributed by atoms with Gasteiger partial charge in [-0.05, 0) is 60.0 Å². The van der Waals surface area contributed by atoms with E-state index in [4.69, 9.17) is 5.26 Å². The highest BCUT2D eigenvalue weighted by molar-refractivity contribution is 7.95. The van der Waals surface area contributed by atoms with Gasteiger partial charge in [0.1, 0.15) is 23.2 Å². The number of hydrogen-bond acceptors (Lipinski definition) is 1. The van der Waals surface area contributed by atoms with E-state index >= 15 is 0 Å². The maximum atomic E-state index is 8.78. The molecule has 0 fully saturated rings. The van der Waals surface area contributed by atoms with Crippen LogP contribution in [0, 0.1) is 11.3 Å². The number of rotatable bonds is 8. The number of hydrogen-bond donors (Lipinski definition) is 0. The van der Waals surface area contributed by atoms with Crippen molar-refractivity contribution in [2.45, 2.75) is 19.0 Å². The van der Waals surface area contributed by atoms with E-state index in [9.17, 15) is 0 Å². The third-order valence-electron chi connectivity index (χ3n) is 5.69. The largest absolute Gasteiger partial charge is 1.00 e. The van der Waals surface area contributed by atoms with Gasteiger partial charge < -0.3 is 12.4 Å². The Kier molecular flexibility index (Phi) is 9.03. The highest BCUT2D eigenvalue weighted by Crippen LogP contribution is 2.58. The van der Waals surface area contributed by atoms with E-state index in [1.54, 1.807) is 0 Å². The van der Waals surface area contributed by atoms with Gasteiger partial charge in [0, 0.05) is 6.42 Å². The molecule has 0 aliphatic carbocycles. The Bertz CT molecular complexity index is 1100. The second-order valence-electron chi connectivity index (χ2n) is 7.82. The van der Waals surface area contributed by atoms with Crippen LogP contribution in [0.3, 0.4) is 0 Å². The van der Waals surface area contributed by atoms with Crippen molar-refractivity contribution in [3.8, 4) is 6.07 Å². The van der Waals surface area contributed by atoms with Gasteiger partial charge in [-0.3, -0.25) is 0 Å². The molecule has 3 heteroatoms. The molecular formula is C30H27ClNP. The van der Waals surface area contributed by atoms with Gasteiger partial charge in [0.05, 0.1) is 12.2 Å². The standard InChI is InChI=1S/C30H27NP.ClH/c31-23-12-4-5-14-26-15-13-16-27(24-26)25-32(28-17-6-1-7-18-28,29-19-8-2-9-20-29)30-21-10-3-11-22-30;/h1-3,5-11,13-22,24H,4,12,25H2;1H/q+1;/p-1. The van der Waals surface area contributed by atoms with Gasteiger partial charge in [0.25, 0.3) is 0 Å². The normalized spacial score (nSPS) is 11.0. The topological polar surface area (TPSA) is 23.8 Å². The first-order chi connectivity index (χ1) is 15.8. The van der Waals surface area contributed by atoms with Gasteiger partial charge in [-0.25, -0.2) is 0 Å². The van der Waals surface area contributed by atoms with E-state index in [0.29, 0.717) is 6.42 Å². The third-order valence-corrected chi connectivity index (χ3v) is 10.1. The van der Waals surface area contributed by atoms with Crippen molar-refractivity contribution in [3.63, 3.8) is 0 Å². The van der Waals surface area contributed by atoms with Gasteiger partial charge in [-0.15, -0.1) is 0 Å². The van der Waals surface area contributed by atoms with Crippen molar-refractivity contribution in [2.24, 2.45) is 0 Å². The Morgan fingerprint density at radius 2 is 1.18 bits per heavy atom. The molecular weight excluding hydrogens is 441 g/mol. The molecule has 0 spiro atoms. The minimum Gasteiger partial charge on any atom is -1.00 e. The van der Waals surface area contributed by atoms with Gasteiger partial charge in [-0.2, -0.15) is 5.26 Å². The molecule has 4 rings (SSSR count). The number of unbranched alkanes of at least 4 members (excludes halogenated alkanes) is 1. The fourth-order valence-electron chi connectivity index (χ4n) is 4.20. The van der Waals surface area contributed by atoms with E-state index in [0.717, 1.165) is 12.6 Å². The third kappa shape index (κ3) is 5.80. The Balaban J connectivity index is 0.00000306. The Hall–Kier alpha value is -3.17. The van der Waals surface area contributed by atoms with Crippen LogP contribution in [0.15, 0.2) is 121 Å². The van der Waals surface area contributed by atoms with Crippen LogP contribution in [-0.2, 0) is 6.16 Å². The molecule has 0 aromatic heterocycles. The lowest BCUT2D eigenvalue weighted by Crippen LogP contribution is -3.00. The summed E-state index contributed by atoms with van der Waals surface area (Å²) in [5.41, 5.74) is 2.52. The average molecular weight is 468 g/mol. The SMILES string of the molecule is N#CCCC=Cc1cccc(C[P+](c2ccccc2)(c2ccccc2)c2ccccc2)c1.[Cl-]. The van der Waals surface area contributed by atoms with Crippen molar-refractivity contribution in [1.82, 2.24) is 0 Å². The lowest BCUT2D eigenvalue weighted by Gasteiger charge is -2.28. The summed E-state index contributed by atoms with van der Waals surface area (Å²) in [6, 6.07) is 44.0. The predicted octanol–water partition coefficient (Wildman–Crippen LogP) is 3.50. The Morgan fingerprint density at radius 1 is 0.667 bits per heavy atom. The zero-order valence-corrected chi connectivity index (χ0v) is 20.2. The van der Waals surface area contributed by atoms with Crippen molar-refractivity contribution in [2.75, 3.05) is 0 Å². The minimum absolute atomic E-state index is 0. The van der Waals surface area contributed by atoms with Crippen molar-refractivity contribution >= 4 is 29.3 Å². The first kappa shape index (κ1) is 24.5. The quantitative estimate of drug-likeness (QED) is 0.287. The monoisotopic (exact) mass is 467 g/mol. The number of nitrogens with zero attached hydrogens (tertiary/aromatic N) is 1. The molecule has 0 radical (unpaired) electrons. The smallest absolute Gasteiger partial charge is 0.116 e. The van der Waals surface area contributed by atoms with Crippen LogP contribution in [0.25, 0.3) is 6.08 Å². The van der Waals surface area contributed by atoms with Crippen molar-refractivity contribution in [1.29, 1.82) is 5.26 Å². The Labute approximate surface area is 204 Å². The molecule has 0 amide bonds. The van der Waals surface area contributed by atoms with Crippen molar-refractivity contribution < 1.29 is 12.4 Å². The Morgan fingerprint density at radius 3 is 1.67 bits per heavy atom. The summed E-state index contributed by atoms with van der Waals surface area (Å²) in [5.74, 6) is 0. The van der Waals surface area contributed by atoms with E-state index in [-0.39, 0.29) is 12.4 Å². The summed E-state index contributed by atoms with van der Waals surface area (Å²) in [4.78, 5) is 0. The summed E-state index contributed by atoms with van der Waals surface area (Å²) in [7, 11) is -1.90. The maximum Gasteiger partial charge on any atom is 0.116 e. The molecule has 0 atom stereocenters. The molecule has 0 bridgehead atoms. The zero-order valence-electron chi connectivity index (χ0n) is 18.5. The molecule has 0 unspecified atom stereocenters. The summed E-state index contributed by atoms with van der Waals surface area (Å²) in [5, 5.41) is 13.0. The zero-order chi connectivity index (χ0) is 22.1. The number of halogens is 1. The second-order valence-corrected chi connectivity index (χ2v) is 11.3. The minimum atomic E-state index is -1.90. The summed E-state index contributed by atoms with van der Waals surface area (Å²) in [6.07, 6.45) is 6.53. The van der Waals surface area contributed by atoms with Gasteiger partial charge in [-0.1, -0.05) is 84.9 Å². The molecule has 0 aliphatic rings. The van der Waals surface area contributed by atoms with E-state index in [1.807, 2.05) is 0 Å². The van der Waals surface area contributed by atoms with Gasteiger partial charge in [0.15, 0.2) is 0 Å². The molecule has 4 aromatic carbocycles. The maximum absolute atomic E-state index is 8.78. The summed E-state index contributed by atoms with van der Waals surface area (Å²) >= 11 is 0. The second kappa shape index (κ2) is 12.2. The molecule has 0 heterocycles. The van der Waals surface area contributed by atoms with Crippen LogP contribution in [0.5, 0.6) is 0 Å². The predicted molar refractivity (Wildman–Crippen MR) is 139 cm³/mol. The van der Waals surface area contributed by atoms with E-state index in [1.165, 1.54) is 27.0 Å². The number of nitriles is 1. The summed E-state index contributed by atoms with van der Waals surface area (Å²) in [6.45, 7) is 0. The van der Waals surface area contributed by atoms with Crippen molar-refractivity contribution in [3.05, 3.63) is 132 Å². The first-order valence-corrected chi connectivity index (χ1v) is 13.0. The molecule has 0 N–H and O–H groups in total. The van der Waals surface area contributed by atoms with Crippen LogP contribution in [0.1, 0.15) is 24.0 Å². The highest BCUT2D eigenvalue weighted by atomic mass is 35.5. The van der Waals surface area contributed by atoms with E-state index < -0.39 is 7.26 Å². The van der Waals surface area contributed by atoms with Gasteiger partial charge in [0.2, 0.25) is 0 Å². The van der Waals surface area contributed by atoms with Gasteiger partial charge >= 0.3 is 0 Å². The van der Waals surface area contributed by atoms with Crippen LogP contribution in [-0.4, -0.2) is 0 Å². The molecule has 33 heavy (non-hydrogen) atoms. The lowest BCUT2D eigenvalue weighted by molar-refractivity contribution is -0.00000647. The fraction of sp³-hybridized carbons (Fsp3) is 0.100. The highest BCUT2D eigenvalue weighted by Gasteiger charge is 2.45. The fourth-order valence-corrected chi connectivity index (χ4v) is 8.43. The molecule has 0 aliphatic heterocycles. The van der Waals surface area contributed by atoms with E-state index in [2.05, 4.69) is 133 Å².